The molecule has 5 aromatic carbocycles. The summed E-state index contributed by atoms with van der Waals surface area (Å²) in [5.74, 6) is 0. The minimum atomic E-state index is -1.08. The maximum absolute atomic E-state index is 2.57. The average Bonchev–Trinajstić information content (AvgIpc) is 3.51. The van der Waals surface area contributed by atoms with Crippen LogP contribution in [0.3, 0.4) is 0 Å². The van der Waals surface area contributed by atoms with Crippen LogP contribution in [0.25, 0.3) is 40.0 Å². The third-order valence-corrected chi connectivity index (χ3v) is 14.1. The number of hydrogen-bond acceptors (Lipinski definition) is 0. The maximum Gasteiger partial charge on any atom is -1.00 e. The molecular weight excluding hydrogens is 655 g/mol. The Labute approximate surface area is 286 Å². The minimum absolute atomic E-state index is 0. The molecule has 2 atom stereocenters. The van der Waals surface area contributed by atoms with Gasteiger partial charge < -0.3 is 24.8 Å². The fraction of sp³-hybridized carbons (Fsp3) is 0.171. The monoisotopic (exact) mass is 688 g/mol. The molecule has 0 radical (unpaired) electrons. The van der Waals surface area contributed by atoms with Crippen molar-refractivity contribution in [3.05, 3.63) is 159 Å². The van der Waals surface area contributed by atoms with Gasteiger partial charge in [-0.3, -0.25) is 0 Å². The number of benzene rings is 5. The van der Waals surface area contributed by atoms with Crippen molar-refractivity contribution in [2.45, 2.75) is 41.9 Å². The SMILES string of the molecule is CC1=Cc2c(-c3ccccc3)ccc(C)c2[CH]1[Zr+2][CH]1C(c2c(C)cc(C)cc2C)=Cc2c(-c3ccccc3)cccc21.[Cl-].[Cl-]. The Morgan fingerprint density at radius 1 is 0.523 bits per heavy atom. The van der Waals surface area contributed by atoms with Gasteiger partial charge in [0.2, 0.25) is 0 Å². The quantitative estimate of drug-likeness (QED) is 0.241. The van der Waals surface area contributed by atoms with Crippen molar-refractivity contribution in [3.63, 3.8) is 0 Å². The summed E-state index contributed by atoms with van der Waals surface area (Å²) >= 11 is -1.08. The molecule has 2 unspecified atom stereocenters. The first kappa shape index (κ1) is 32.4. The van der Waals surface area contributed by atoms with Crippen LogP contribution in [0.1, 0.15) is 64.2 Å². The molecule has 44 heavy (non-hydrogen) atoms. The van der Waals surface area contributed by atoms with Gasteiger partial charge >= 0.3 is 264 Å². The normalized spacial score (nSPS) is 16.1. The van der Waals surface area contributed by atoms with Gasteiger partial charge in [-0.1, -0.05) is 0 Å². The van der Waals surface area contributed by atoms with Crippen molar-refractivity contribution >= 4 is 17.7 Å². The fourth-order valence-corrected chi connectivity index (χ4v) is 12.5. The molecule has 7 rings (SSSR count). The third-order valence-electron chi connectivity index (χ3n) is 9.15. The molecule has 2 aliphatic rings. The first-order valence-electron chi connectivity index (χ1n) is 15.0. The van der Waals surface area contributed by atoms with E-state index in [9.17, 15) is 0 Å². The minimum Gasteiger partial charge on any atom is -1.00 e. The largest absolute Gasteiger partial charge is 1.00 e. The van der Waals surface area contributed by atoms with E-state index in [4.69, 9.17) is 0 Å². The second-order valence-electron chi connectivity index (χ2n) is 12.1. The summed E-state index contributed by atoms with van der Waals surface area (Å²) in [6.45, 7) is 11.6. The van der Waals surface area contributed by atoms with Crippen LogP contribution >= 0.6 is 0 Å². The number of allylic oxidation sites excluding steroid dienone is 2. The number of rotatable bonds is 5. The smallest absolute Gasteiger partial charge is 1.00 e. The molecule has 2 aliphatic carbocycles. The van der Waals surface area contributed by atoms with Crippen LogP contribution in [0.4, 0.5) is 0 Å². The summed E-state index contributed by atoms with van der Waals surface area (Å²) in [5.41, 5.74) is 21.5. The van der Waals surface area contributed by atoms with E-state index in [0.717, 1.165) is 0 Å². The Balaban J connectivity index is 0.00000192. The maximum atomic E-state index is 2.57. The predicted molar refractivity (Wildman–Crippen MR) is 176 cm³/mol. The van der Waals surface area contributed by atoms with Crippen molar-refractivity contribution < 1.29 is 48.0 Å². The molecule has 0 nitrogen and oxygen atoms in total. The van der Waals surface area contributed by atoms with Gasteiger partial charge in [0.05, 0.1) is 0 Å². The molecule has 0 heterocycles. The number of hydrogen-bond donors (Lipinski definition) is 0. The van der Waals surface area contributed by atoms with Crippen LogP contribution in [0.5, 0.6) is 0 Å². The van der Waals surface area contributed by atoms with E-state index >= 15 is 0 Å². The van der Waals surface area contributed by atoms with E-state index in [1.165, 1.54) is 66.8 Å². The number of fused-ring (bicyclic) bond motifs is 2. The summed E-state index contributed by atoms with van der Waals surface area (Å²) in [6, 6.07) is 38.4. The van der Waals surface area contributed by atoms with Gasteiger partial charge in [-0.15, -0.1) is 0 Å². The van der Waals surface area contributed by atoms with E-state index < -0.39 is 23.2 Å². The third kappa shape index (κ3) is 5.65. The molecule has 3 heteroatoms. The van der Waals surface area contributed by atoms with Crippen LogP contribution in [-0.2, 0) is 23.2 Å². The van der Waals surface area contributed by atoms with Gasteiger partial charge in [-0.25, -0.2) is 0 Å². The molecule has 0 fully saturated rings. The molecule has 0 saturated heterocycles. The first-order valence-corrected chi connectivity index (χ1v) is 17.9. The van der Waals surface area contributed by atoms with Crippen molar-refractivity contribution in [2.24, 2.45) is 0 Å². The summed E-state index contributed by atoms with van der Waals surface area (Å²) in [5, 5.41) is 0. The molecule has 0 bridgehead atoms. The standard InChI is InChI=1S/C24H21.C17H15.2ClH.Zr/c1-16-12-17(2)24(18(3)13-16)21-14-20-10-7-11-22(23(20)15-21)19-8-5-4-6-9-19;1-12-10-16-13(2)8-9-15(17(16)11-12)14-6-4-3-5-7-14;;;/h4-15H,1-3H3;3-11H,1-2H3;2*1H;/q;;;;+2/p-2. The molecule has 218 valence electrons. The second-order valence-corrected chi connectivity index (χ2v) is 15.7. The van der Waals surface area contributed by atoms with E-state index in [0.29, 0.717) is 7.25 Å². The Morgan fingerprint density at radius 3 is 1.73 bits per heavy atom. The average molecular weight is 691 g/mol. The van der Waals surface area contributed by atoms with Crippen molar-refractivity contribution in [3.8, 4) is 22.3 Å². The van der Waals surface area contributed by atoms with Crippen LogP contribution in [0, 0.1) is 27.7 Å². The Morgan fingerprint density at radius 2 is 1.11 bits per heavy atom. The van der Waals surface area contributed by atoms with Crippen LogP contribution in [0.2, 0.25) is 0 Å². The molecular formula is C41H36Cl2Zr. The van der Waals surface area contributed by atoms with Crippen molar-refractivity contribution in [1.29, 1.82) is 0 Å². The Bertz CT molecular complexity index is 1880. The molecule has 5 aromatic rings. The van der Waals surface area contributed by atoms with E-state index in [1.807, 2.05) is 0 Å². The van der Waals surface area contributed by atoms with Gasteiger partial charge in [0.1, 0.15) is 0 Å². The number of halogens is 2. The van der Waals surface area contributed by atoms with Gasteiger partial charge in [-0.05, 0) is 0 Å². The molecule has 0 aliphatic heterocycles. The topological polar surface area (TPSA) is 0 Å². The predicted octanol–water partition coefficient (Wildman–Crippen LogP) is 5.10. The summed E-state index contributed by atoms with van der Waals surface area (Å²) in [4.78, 5) is 0. The zero-order valence-electron chi connectivity index (χ0n) is 25.9. The Kier molecular flexibility index (Phi) is 9.72. The van der Waals surface area contributed by atoms with Crippen LogP contribution < -0.4 is 24.8 Å². The van der Waals surface area contributed by atoms with E-state index in [2.05, 4.69) is 150 Å². The molecule has 0 N–H and O–H groups in total. The zero-order chi connectivity index (χ0) is 29.0. The van der Waals surface area contributed by atoms with Crippen molar-refractivity contribution in [1.82, 2.24) is 0 Å². The first-order chi connectivity index (χ1) is 20.4. The van der Waals surface area contributed by atoms with Crippen molar-refractivity contribution in [2.75, 3.05) is 0 Å². The number of aryl methyl sites for hydroxylation is 4. The van der Waals surface area contributed by atoms with Gasteiger partial charge in [0.15, 0.2) is 0 Å². The van der Waals surface area contributed by atoms with Gasteiger partial charge in [0, 0.05) is 0 Å². The van der Waals surface area contributed by atoms with Gasteiger partial charge in [-0.2, -0.15) is 0 Å². The molecule has 0 aromatic heterocycles. The van der Waals surface area contributed by atoms with Crippen LogP contribution in [0.15, 0.2) is 109 Å². The second kappa shape index (κ2) is 13.2. The molecule has 0 saturated carbocycles. The summed E-state index contributed by atoms with van der Waals surface area (Å²) in [7, 11) is 0. The molecule has 0 amide bonds. The Hall–Kier alpha value is -2.96. The molecule has 0 spiro atoms. The van der Waals surface area contributed by atoms with E-state index in [1.54, 1.807) is 16.7 Å². The van der Waals surface area contributed by atoms with Crippen LogP contribution in [-0.4, -0.2) is 0 Å². The summed E-state index contributed by atoms with van der Waals surface area (Å²) in [6.07, 6.45) is 5.08. The zero-order valence-corrected chi connectivity index (χ0v) is 29.9. The fourth-order valence-electron chi connectivity index (χ4n) is 7.38. The van der Waals surface area contributed by atoms with Gasteiger partial charge in [0.25, 0.3) is 0 Å². The van der Waals surface area contributed by atoms with E-state index in [-0.39, 0.29) is 24.8 Å². The summed E-state index contributed by atoms with van der Waals surface area (Å²) < 4.78 is 1.05.